The molecule has 16 heavy (non-hydrogen) atoms. The van der Waals surface area contributed by atoms with Crippen molar-refractivity contribution in [1.82, 2.24) is 5.32 Å². The largest absolute Gasteiger partial charge is 0.477 e. The van der Waals surface area contributed by atoms with Crippen molar-refractivity contribution in [2.24, 2.45) is 0 Å². The van der Waals surface area contributed by atoms with Crippen LogP contribution in [0.3, 0.4) is 0 Å². The van der Waals surface area contributed by atoms with Crippen molar-refractivity contribution in [3.8, 4) is 0 Å². The van der Waals surface area contributed by atoms with Gasteiger partial charge in [-0.15, -0.1) is 0 Å². The zero-order valence-corrected chi connectivity index (χ0v) is 8.80. The summed E-state index contributed by atoms with van der Waals surface area (Å²) in [4.78, 5) is 22.0. The molecule has 2 atom stereocenters. The van der Waals surface area contributed by atoms with Crippen LogP contribution in [-0.4, -0.2) is 22.9 Å². The second-order valence-corrected chi connectivity index (χ2v) is 3.74. The minimum Gasteiger partial charge on any atom is -0.477 e. The second-order valence-electron chi connectivity index (χ2n) is 3.74. The number of carbonyl (C=O) groups excluding carboxylic acids is 1. The molecule has 2 aliphatic rings. The van der Waals surface area contributed by atoms with E-state index in [0.29, 0.717) is 6.42 Å². The number of allylic oxidation sites excluding steroid dienone is 1. The van der Waals surface area contributed by atoms with Crippen molar-refractivity contribution in [2.45, 2.75) is 31.9 Å². The van der Waals surface area contributed by atoms with E-state index in [0.717, 1.165) is 6.42 Å². The van der Waals surface area contributed by atoms with Gasteiger partial charge in [-0.3, -0.25) is 14.9 Å². The van der Waals surface area contributed by atoms with Crippen LogP contribution in [0.15, 0.2) is 23.7 Å². The highest BCUT2D eigenvalue weighted by molar-refractivity contribution is 5.93. The minimum atomic E-state index is -0.679. The fourth-order valence-corrected chi connectivity index (χ4v) is 1.88. The van der Waals surface area contributed by atoms with Crippen molar-refractivity contribution < 1.29 is 14.5 Å². The Morgan fingerprint density at radius 1 is 1.62 bits per heavy atom. The molecule has 6 heteroatoms. The average Bonchev–Trinajstić information content (AvgIpc) is 2.57. The summed E-state index contributed by atoms with van der Waals surface area (Å²) in [7, 11) is 0. The summed E-state index contributed by atoms with van der Waals surface area (Å²) in [6.07, 6.45) is 3.57. The molecule has 6 nitrogen and oxygen atoms in total. The quantitative estimate of drug-likeness (QED) is 0.564. The number of Topliss-reactive ketones (excluding diaryl/α,β-unsaturated/α-hetero) is 1. The van der Waals surface area contributed by atoms with Gasteiger partial charge < -0.3 is 10.1 Å². The molecular formula is C10H12N2O4. The van der Waals surface area contributed by atoms with Crippen LogP contribution >= 0.6 is 0 Å². The third-order valence-electron chi connectivity index (χ3n) is 2.64. The van der Waals surface area contributed by atoms with Gasteiger partial charge in [-0.05, 0) is 6.42 Å². The molecule has 0 aromatic heterocycles. The highest BCUT2D eigenvalue weighted by Gasteiger charge is 2.45. The van der Waals surface area contributed by atoms with E-state index < -0.39 is 17.1 Å². The first kappa shape index (κ1) is 10.7. The second kappa shape index (κ2) is 3.96. The fraction of sp³-hybridized carbons (Fsp3) is 0.500. The van der Waals surface area contributed by atoms with Crippen LogP contribution in [0, 0.1) is 10.1 Å². The predicted molar refractivity (Wildman–Crippen MR) is 54.9 cm³/mol. The van der Waals surface area contributed by atoms with E-state index >= 15 is 0 Å². The number of ketones is 1. The summed E-state index contributed by atoms with van der Waals surface area (Å²) < 4.78 is 5.37. The Bertz CT molecular complexity index is 400. The third-order valence-corrected chi connectivity index (χ3v) is 2.64. The molecule has 0 spiro atoms. The predicted octanol–water partition coefficient (Wildman–Crippen LogP) is 0.728. The first-order chi connectivity index (χ1) is 7.65. The highest BCUT2D eigenvalue weighted by atomic mass is 16.6. The van der Waals surface area contributed by atoms with Crippen LogP contribution in [0.4, 0.5) is 0 Å². The molecule has 86 valence electrons. The van der Waals surface area contributed by atoms with Gasteiger partial charge in [-0.1, -0.05) is 13.3 Å². The summed E-state index contributed by atoms with van der Waals surface area (Å²) in [6, 6.07) is -0.679. The standard InChI is InChI=1S/C10H12N2O4/c1-2-3-7-9(13)8-10(16-7)6(12(14)15)4-5-11-8/h4-5,7-8,11H,2-3H2,1H3. The molecule has 1 fully saturated rings. The number of rotatable bonds is 3. The number of dihydropyridines is 1. The molecule has 2 aliphatic heterocycles. The van der Waals surface area contributed by atoms with E-state index in [1.165, 1.54) is 12.3 Å². The van der Waals surface area contributed by atoms with Gasteiger partial charge in [0.15, 0.2) is 12.1 Å². The number of fused-ring (bicyclic) bond motifs is 1. The lowest BCUT2D eigenvalue weighted by atomic mass is 10.0. The number of nitro groups is 1. The van der Waals surface area contributed by atoms with E-state index in [1.54, 1.807) is 0 Å². The third kappa shape index (κ3) is 1.56. The smallest absolute Gasteiger partial charge is 0.310 e. The number of ether oxygens (including phenoxy) is 1. The van der Waals surface area contributed by atoms with Gasteiger partial charge in [0.1, 0.15) is 0 Å². The summed E-state index contributed by atoms with van der Waals surface area (Å²) in [5.41, 5.74) is -0.129. The van der Waals surface area contributed by atoms with Gasteiger partial charge in [0.25, 0.3) is 0 Å². The summed E-state index contributed by atoms with van der Waals surface area (Å²) >= 11 is 0. The average molecular weight is 224 g/mol. The lowest BCUT2D eigenvalue weighted by molar-refractivity contribution is -0.422. The molecule has 1 N–H and O–H groups in total. The zero-order chi connectivity index (χ0) is 11.7. The van der Waals surface area contributed by atoms with Crippen LogP contribution in [-0.2, 0) is 9.53 Å². The molecule has 2 unspecified atom stereocenters. The van der Waals surface area contributed by atoms with Crippen LogP contribution in [0.1, 0.15) is 19.8 Å². The van der Waals surface area contributed by atoms with Gasteiger partial charge >= 0.3 is 5.70 Å². The Morgan fingerprint density at radius 2 is 2.38 bits per heavy atom. The molecule has 2 heterocycles. The molecule has 0 aromatic rings. The molecule has 0 aromatic carbocycles. The first-order valence-corrected chi connectivity index (χ1v) is 5.16. The summed E-state index contributed by atoms with van der Waals surface area (Å²) in [5.74, 6) is 0.0245. The Labute approximate surface area is 92.1 Å². The highest BCUT2D eigenvalue weighted by Crippen LogP contribution is 2.29. The number of nitrogens with zero attached hydrogens (tertiary/aromatic N) is 1. The molecule has 0 aliphatic carbocycles. The number of carbonyl (C=O) groups is 1. The Morgan fingerprint density at radius 3 is 3.00 bits per heavy atom. The van der Waals surface area contributed by atoms with E-state index in [9.17, 15) is 14.9 Å². The van der Waals surface area contributed by atoms with Crippen molar-refractivity contribution in [3.63, 3.8) is 0 Å². The van der Waals surface area contributed by atoms with Crippen molar-refractivity contribution in [1.29, 1.82) is 0 Å². The van der Waals surface area contributed by atoms with Crippen LogP contribution in [0.2, 0.25) is 0 Å². The van der Waals surface area contributed by atoms with Crippen LogP contribution in [0.5, 0.6) is 0 Å². The first-order valence-electron chi connectivity index (χ1n) is 5.16. The lowest BCUT2D eigenvalue weighted by Crippen LogP contribution is -2.35. The lowest BCUT2D eigenvalue weighted by Gasteiger charge is -2.11. The van der Waals surface area contributed by atoms with Crippen molar-refractivity contribution >= 4 is 5.78 Å². The topological polar surface area (TPSA) is 81.5 Å². The SMILES string of the molecule is CCCC1OC2=C([N+](=O)[O-])C=CNC2C1=O. The molecule has 0 radical (unpaired) electrons. The van der Waals surface area contributed by atoms with Crippen LogP contribution < -0.4 is 5.32 Å². The Balaban J connectivity index is 2.31. The van der Waals surface area contributed by atoms with Crippen LogP contribution in [0.25, 0.3) is 0 Å². The summed E-state index contributed by atoms with van der Waals surface area (Å²) in [5, 5.41) is 13.5. The van der Waals surface area contributed by atoms with E-state index in [1.807, 2.05) is 6.92 Å². The number of hydrogen-bond acceptors (Lipinski definition) is 5. The molecule has 2 rings (SSSR count). The normalized spacial score (nSPS) is 27.4. The number of hydrogen-bond donors (Lipinski definition) is 1. The maximum atomic E-state index is 11.8. The molecule has 0 amide bonds. The number of nitrogens with one attached hydrogen (secondary N) is 1. The van der Waals surface area contributed by atoms with Gasteiger partial charge in [0, 0.05) is 12.3 Å². The van der Waals surface area contributed by atoms with Gasteiger partial charge in [0.05, 0.1) is 4.92 Å². The Hall–Kier alpha value is -1.85. The fourth-order valence-electron chi connectivity index (χ4n) is 1.88. The van der Waals surface area contributed by atoms with Gasteiger partial charge in [-0.2, -0.15) is 0 Å². The van der Waals surface area contributed by atoms with Crippen molar-refractivity contribution in [2.75, 3.05) is 0 Å². The monoisotopic (exact) mass is 224 g/mol. The molecular weight excluding hydrogens is 212 g/mol. The van der Waals surface area contributed by atoms with Crippen molar-refractivity contribution in [3.05, 3.63) is 33.8 Å². The maximum absolute atomic E-state index is 11.8. The van der Waals surface area contributed by atoms with E-state index in [4.69, 9.17) is 4.74 Å². The molecule has 0 bridgehead atoms. The Kier molecular flexibility index (Phi) is 2.64. The molecule has 0 saturated carbocycles. The zero-order valence-electron chi connectivity index (χ0n) is 8.80. The molecule has 1 saturated heterocycles. The minimum absolute atomic E-state index is 0.124. The van der Waals surface area contributed by atoms with Gasteiger partial charge in [-0.25, -0.2) is 0 Å². The maximum Gasteiger partial charge on any atom is 0.310 e. The van der Waals surface area contributed by atoms with Gasteiger partial charge in [0.2, 0.25) is 11.5 Å². The van der Waals surface area contributed by atoms with E-state index in [-0.39, 0.29) is 17.2 Å². The summed E-state index contributed by atoms with van der Waals surface area (Å²) in [6.45, 7) is 1.94. The van der Waals surface area contributed by atoms with E-state index in [2.05, 4.69) is 5.32 Å².